The summed E-state index contributed by atoms with van der Waals surface area (Å²) in [7, 11) is 2.17. The molecule has 1 N–H and O–H groups in total. The maximum atomic E-state index is 13.0. The molecule has 0 spiro atoms. The average Bonchev–Trinajstić information content (AvgIpc) is 3.35. The van der Waals surface area contributed by atoms with Gasteiger partial charge in [0.25, 0.3) is 0 Å². The molecule has 5 rings (SSSR count). The van der Waals surface area contributed by atoms with Crippen molar-refractivity contribution in [3.63, 3.8) is 0 Å². The third-order valence-corrected chi connectivity index (χ3v) is 7.68. The number of likely N-dealkylation sites (N-methyl/N-ethyl adjacent to an activating group) is 1. The third-order valence-electron chi connectivity index (χ3n) is 7.68. The van der Waals surface area contributed by atoms with E-state index in [-0.39, 0.29) is 11.6 Å². The molecule has 1 fully saturated rings. The molecule has 196 valence electrons. The SMILES string of the molecule is CC(=O)C1=Cc2cc(NCc3cc(CC(=O)c4ccc(CN5CCN(C)CC5)cc4)ccc3C)cnc2C1. The number of anilines is 1. The number of pyridine rings is 1. The predicted octanol–water partition coefficient (Wildman–Crippen LogP) is 4.70. The van der Waals surface area contributed by atoms with Crippen LogP contribution in [0.25, 0.3) is 6.08 Å². The number of piperazine rings is 1. The van der Waals surface area contributed by atoms with Crippen LogP contribution in [0, 0.1) is 6.92 Å². The summed E-state index contributed by atoms with van der Waals surface area (Å²) in [5, 5.41) is 3.46. The molecular weight excluding hydrogens is 472 g/mol. The Morgan fingerprint density at radius 3 is 2.45 bits per heavy atom. The maximum absolute atomic E-state index is 13.0. The highest BCUT2D eigenvalue weighted by Crippen LogP contribution is 2.26. The van der Waals surface area contributed by atoms with E-state index in [4.69, 9.17) is 0 Å². The smallest absolute Gasteiger partial charge is 0.167 e. The number of benzene rings is 2. The zero-order valence-corrected chi connectivity index (χ0v) is 22.6. The minimum Gasteiger partial charge on any atom is -0.380 e. The van der Waals surface area contributed by atoms with Crippen LogP contribution in [0.5, 0.6) is 0 Å². The molecule has 0 saturated carbocycles. The summed E-state index contributed by atoms with van der Waals surface area (Å²) in [6.45, 7) is 9.64. The Hall–Kier alpha value is -3.61. The van der Waals surface area contributed by atoms with E-state index in [0.717, 1.165) is 71.9 Å². The summed E-state index contributed by atoms with van der Waals surface area (Å²) in [6.07, 6.45) is 4.75. The second kappa shape index (κ2) is 11.4. The van der Waals surface area contributed by atoms with Crippen molar-refractivity contribution in [2.75, 3.05) is 38.5 Å². The van der Waals surface area contributed by atoms with Crippen LogP contribution in [-0.4, -0.2) is 59.6 Å². The number of rotatable bonds is 9. The normalized spacial score (nSPS) is 15.7. The molecular formula is C32H36N4O2. The molecule has 6 nitrogen and oxygen atoms in total. The summed E-state index contributed by atoms with van der Waals surface area (Å²) in [6, 6.07) is 16.4. The number of Topliss-reactive ketones (excluding diaryl/α,β-unsaturated/α-hetero) is 2. The van der Waals surface area contributed by atoms with Gasteiger partial charge in [-0.15, -0.1) is 0 Å². The van der Waals surface area contributed by atoms with Crippen LogP contribution >= 0.6 is 0 Å². The minimum atomic E-state index is 0.0982. The average molecular weight is 509 g/mol. The Morgan fingerprint density at radius 1 is 0.974 bits per heavy atom. The van der Waals surface area contributed by atoms with Gasteiger partial charge < -0.3 is 10.2 Å². The number of ketones is 2. The van der Waals surface area contributed by atoms with Gasteiger partial charge in [-0.05, 0) is 60.9 Å². The third kappa shape index (κ3) is 6.26. The van der Waals surface area contributed by atoms with Crippen LogP contribution < -0.4 is 5.32 Å². The number of hydrogen-bond acceptors (Lipinski definition) is 6. The van der Waals surface area contributed by atoms with Crippen molar-refractivity contribution >= 4 is 23.3 Å². The lowest BCUT2D eigenvalue weighted by Gasteiger charge is -2.32. The van der Waals surface area contributed by atoms with E-state index in [1.54, 1.807) is 6.92 Å². The van der Waals surface area contributed by atoms with Crippen LogP contribution in [0.3, 0.4) is 0 Å². The van der Waals surface area contributed by atoms with Crippen molar-refractivity contribution in [2.45, 2.75) is 39.8 Å². The van der Waals surface area contributed by atoms with Crippen molar-refractivity contribution in [3.05, 3.63) is 99.4 Å². The van der Waals surface area contributed by atoms with E-state index in [9.17, 15) is 9.59 Å². The maximum Gasteiger partial charge on any atom is 0.167 e. The molecule has 2 heterocycles. The van der Waals surface area contributed by atoms with Gasteiger partial charge in [-0.25, -0.2) is 0 Å². The Morgan fingerprint density at radius 2 is 1.71 bits per heavy atom. The second-order valence-corrected chi connectivity index (χ2v) is 10.7. The first-order valence-electron chi connectivity index (χ1n) is 13.4. The molecule has 1 saturated heterocycles. The lowest BCUT2D eigenvalue weighted by Crippen LogP contribution is -2.43. The fourth-order valence-corrected chi connectivity index (χ4v) is 5.09. The number of fused-ring (bicyclic) bond motifs is 1. The lowest BCUT2D eigenvalue weighted by molar-refractivity contribution is -0.113. The van der Waals surface area contributed by atoms with Crippen LogP contribution in [-0.2, 0) is 30.7 Å². The molecule has 38 heavy (non-hydrogen) atoms. The molecule has 0 atom stereocenters. The zero-order valence-electron chi connectivity index (χ0n) is 22.6. The summed E-state index contributed by atoms with van der Waals surface area (Å²) in [4.78, 5) is 34.1. The quantitative estimate of drug-likeness (QED) is 0.423. The van der Waals surface area contributed by atoms with Gasteiger partial charge in [0.15, 0.2) is 11.6 Å². The van der Waals surface area contributed by atoms with E-state index in [2.05, 4.69) is 58.3 Å². The Kier molecular flexibility index (Phi) is 7.82. The van der Waals surface area contributed by atoms with Crippen molar-refractivity contribution in [3.8, 4) is 0 Å². The van der Waals surface area contributed by atoms with Gasteiger partial charge >= 0.3 is 0 Å². The highest BCUT2D eigenvalue weighted by Gasteiger charge is 2.18. The second-order valence-electron chi connectivity index (χ2n) is 10.7. The van der Waals surface area contributed by atoms with Crippen molar-refractivity contribution in [1.29, 1.82) is 0 Å². The van der Waals surface area contributed by atoms with E-state index in [1.165, 1.54) is 11.1 Å². The van der Waals surface area contributed by atoms with Crippen LogP contribution in [0.4, 0.5) is 5.69 Å². The molecule has 1 aliphatic carbocycles. The number of nitrogens with zero attached hydrogens (tertiary/aromatic N) is 3. The molecule has 0 amide bonds. The van der Waals surface area contributed by atoms with Gasteiger partial charge in [0.1, 0.15) is 0 Å². The Bertz CT molecular complexity index is 1370. The van der Waals surface area contributed by atoms with Crippen LogP contribution in [0.1, 0.15) is 50.8 Å². The minimum absolute atomic E-state index is 0.0982. The Labute approximate surface area is 225 Å². The highest BCUT2D eigenvalue weighted by atomic mass is 16.1. The van der Waals surface area contributed by atoms with Gasteiger partial charge in [0.05, 0.1) is 17.6 Å². The Balaban J connectivity index is 1.19. The lowest BCUT2D eigenvalue weighted by atomic mass is 9.98. The first-order valence-corrected chi connectivity index (χ1v) is 13.4. The van der Waals surface area contributed by atoms with Gasteiger partial charge in [0, 0.05) is 63.2 Å². The number of aromatic nitrogens is 1. The summed E-state index contributed by atoms with van der Waals surface area (Å²) >= 11 is 0. The fourth-order valence-electron chi connectivity index (χ4n) is 5.09. The molecule has 3 aromatic rings. The summed E-state index contributed by atoms with van der Waals surface area (Å²) in [5.41, 5.74) is 9.03. The molecule has 2 aliphatic rings. The molecule has 0 radical (unpaired) electrons. The number of hydrogen-bond donors (Lipinski definition) is 1. The summed E-state index contributed by atoms with van der Waals surface area (Å²) in [5.74, 6) is 0.232. The first kappa shape index (κ1) is 26.0. The number of nitrogens with one attached hydrogen (secondary N) is 1. The summed E-state index contributed by atoms with van der Waals surface area (Å²) < 4.78 is 0. The van der Waals surface area contributed by atoms with Gasteiger partial charge in [-0.3, -0.25) is 19.5 Å². The number of carbonyl (C=O) groups is 2. The highest BCUT2D eigenvalue weighted by molar-refractivity contribution is 6.00. The van der Waals surface area contributed by atoms with Gasteiger partial charge in [0.2, 0.25) is 0 Å². The number of aryl methyl sites for hydroxylation is 1. The van der Waals surface area contributed by atoms with Gasteiger partial charge in [-0.1, -0.05) is 42.5 Å². The van der Waals surface area contributed by atoms with E-state index < -0.39 is 0 Å². The van der Waals surface area contributed by atoms with Gasteiger partial charge in [-0.2, -0.15) is 0 Å². The first-order chi connectivity index (χ1) is 18.3. The number of allylic oxidation sites excluding steroid dienone is 1. The molecule has 0 bridgehead atoms. The largest absolute Gasteiger partial charge is 0.380 e. The zero-order chi connectivity index (χ0) is 26.6. The van der Waals surface area contributed by atoms with E-state index in [1.807, 2.05) is 36.5 Å². The van der Waals surface area contributed by atoms with Crippen molar-refractivity contribution in [2.24, 2.45) is 0 Å². The van der Waals surface area contributed by atoms with Crippen molar-refractivity contribution < 1.29 is 9.59 Å². The van der Waals surface area contributed by atoms with Crippen molar-refractivity contribution in [1.82, 2.24) is 14.8 Å². The van der Waals surface area contributed by atoms with Crippen LogP contribution in [0.2, 0.25) is 0 Å². The number of carbonyl (C=O) groups excluding carboxylic acids is 2. The van der Waals surface area contributed by atoms with E-state index >= 15 is 0 Å². The molecule has 2 aromatic carbocycles. The predicted molar refractivity (Wildman–Crippen MR) is 152 cm³/mol. The molecule has 0 unspecified atom stereocenters. The topological polar surface area (TPSA) is 65.5 Å². The van der Waals surface area contributed by atoms with E-state index in [0.29, 0.717) is 19.4 Å². The molecule has 1 aliphatic heterocycles. The molecule has 6 heteroatoms. The fraction of sp³-hybridized carbons (Fsp3) is 0.344. The molecule has 1 aromatic heterocycles. The monoisotopic (exact) mass is 508 g/mol. The standard InChI is InChI=1S/C32H36N4O2/c1-22-4-5-25(14-29(22)19-33-30-17-28-16-27(23(2)37)18-31(28)34-20-30)15-32(38)26-8-6-24(7-9-26)21-36-12-10-35(3)11-13-36/h4-9,14,16-17,20,33H,10-13,15,18-19,21H2,1-3H3. The van der Waals surface area contributed by atoms with Crippen LogP contribution in [0.15, 0.2) is 60.3 Å².